The smallest absolute Gasteiger partial charge is 0.255 e. The lowest BCUT2D eigenvalue weighted by atomic mass is 9.94. The van der Waals surface area contributed by atoms with E-state index in [0.29, 0.717) is 45.5 Å². The molecule has 2 amide bonds. The van der Waals surface area contributed by atoms with Gasteiger partial charge >= 0.3 is 0 Å². The maximum atomic E-state index is 14.3. The number of aryl methyl sites for hydroxylation is 4. The minimum absolute atomic E-state index is 0.310. The number of aromatic amines is 2. The molecule has 0 radical (unpaired) electrons. The monoisotopic (exact) mass is 988 g/mol. The van der Waals surface area contributed by atoms with Gasteiger partial charge in [0.1, 0.15) is 23.0 Å². The van der Waals surface area contributed by atoms with Crippen LogP contribution in [0.15, 0.2) is 97.1 Å². The minimum Gasteiger partial charge on any atom is -0.497 e. The summed E-state index contributed by atoms with van der Waals surface area (Å²) in [5.41, 5.74) is 21.2. The average molecular weight is 989 g/mol. The number of carbonyl (C=O) groups is 2. The van der Waals surface area contributed by atoms with Gasteiger partial charge in [0.25, 0.3) is 11.8 Å². The van der Waals surface area contributed by atoms with Crippen molar-refractivity contribution in [3.05, 3.63) is 153 Å². The van der Waals surface area contributed by atoms with E-state index in [-0.39, 0.29) is 11.8 Å². The van der Waals surface area contributed by atoms with Crippen LogP contribution in [0.4, 0.5) is 11.4 Å². The Kier molecular flexibility index (Phi) is 14.3. The summed E-state index contributed by atoms with van der Waals surface area (Å²) >= 11 is 0. The zero-order valence-electron chi connectivity index (χ0n) is 44.4. The van der Waals surface area contributed by atoms with Crippen molar-refractivity contribution in [2.45, 2.75) is 81.1 Å². The Morgan fingerprint density at radius 2 is 0.838 bits per heavy atom. The summed E-state index contributed by atoms with van der Waals surface area (Å²) in [4.78, 5) is 47.7. The van der Waals surface area contributed by atoms with E-state index in [2.05, 4.69) is 100 Å². The van der Waals surface area contributed by atoms with E-state index in [9.17, 15) is 9.59 Å². The summed E-state index contributed by atoms with van der Waals surface area (Å²) in [6.07, 6.45) is 2.94. The normalized spacial score (nSPS) is 12.3. The first kappa shape index (κ1) is 50.6. The highest BCUT2D eigenvalue weighted by Crippen LogP contribution is 2.46. The molecule has 74 heavy (non-hydrogen) atoms. The van der Waals surface area contributed by atoms with Gasteiger partial charge in [0.15, 0.2) is 0 Å². The number of H-pyrrole nitrogens is 2. The van der Waals surface area contributed by atoms with Crippen LogP contribution >= 0.6 is 0 Å². The molecular formula is C62H64N6O6. The number of hydrogen-bond acceptors (Lipinski definition) is 8. The summed E-state index contributed by atoms with van der Waals surface area (Å²) in [5, 5.41) is 6.52. The van der Waals surface area contributed by atoms with Gasteiger partial charge in [0, 0.05) is 67.9 Å². The van der Waals surface area contributed by atoms with Crippen molar-refractivity contribution in [3.63, 3.8) is 0 Å². The molecule has 378 valence electrons. The number of amides is 2. The highest BCUT2D eigenvalue weighted by molar-refractivity contribution is 6.11. The van der Waals surface area contributed by atoms with Gasteiger partial charge in [0.05, 0.1) is 62.2 Å². The molecule has 0 saturated carbocycles. The average Bonchev–Trinajstić information content (AvgIpc) is 4.12. The largest absolute Gasteiger partial charge is 0.497 e. The third-order valence-corrected chi connectivity index (χ3v) is 14.6. The lowest BCUT2D eigenvalue weighted by molar-refractivity contribution is 0.101. The van der Waals surface area contributed by atoms with Gasteiger partial charge in [-0.05, 0) is 146 Å². The van der Waals surface area contributed by atoms with Crippen LogP contribution in [-0.2, 0) is 12.8 Å². The second-order valence-electron chi connectivity index (χ2n) is 18.6. The minimum atomic E-state index is -0.310. The van der Waals surface area contributed by atoms with Gasteiger partial charge in [-0.2, -0.15) is 0 Å². The predicted octanol–water partition coefficient (Wildman–Crippen LogP) is 14.6. The maximum absolute atomic E-state index is 14.3. The first-order valence-corrected chi connectivity index (χ1v) is 25.3. The molecule has 0 fully saturated rings. The summed E-state index contributed by atoms with van der Waals surface area (Å²) in [5.74, 6) is 1.43. The number of hydrogen-bond donors (Lipinski definition) is 4. The van der Waals surface area contributed by atoms with Gasteiger partial charge in [-0.1, -0.05) is 64.1 Å². The van der Waals surface area contributed by atoms with E-state index >= 15 is 0 Å². The molecule has 7 aromatic rings. The lowest BCUT2D eigenvalue weighted by Gasteiger charge is -2.15. The molecule has 5 heterocycles. The Balaban J connectivity index is 1.37. The zero-order chi connectivity index (χ0) is 52.5. The van der Waals surface area contributed by atoms with Crippen molar-refractivity contribution < 1.29 is 28.5 Å². The molecule has 0 saturated heterocycles. The molecular weight excluding hydrogens is 925 g/mol. The molecule has 12 nitrogen and oxygen atoms in total. The number of methoxy groups -OCH3 is 4. The molecule has 8 bridgehead atoms. The zero-order valence-corrected chi connectivity index (χ0v) is 44.4. The highest BCUT2D eigenvalue weighted by Gasteiger charge is 2.28. The number of allylic oxidation sites excluding steroid dienone is 4. The fourth-order valence-corrected chi connectivity index (χ4v) is 10.7. The van der Waals surface area contributed by atoms with Crippen molar-refractivity contribution in [2.75, 3.05) is 39.1 Å². The molecule has 0 unspecified atom stereocenters. The molecule has 2 aliphatic heterocycles. The topological polar surface area (TPSA) is 152 Å². The molecule has 3 aromatic heterocycles. The number of nitrogens with zero attached hydrogens (tertiary/aromatic N) is 2. The Labute approximate surface area is 432 Å². The van der Waals surface area contributed by atoms with Crippen molar-refractivity contribution in [3.8, 4) is 45.3 Å². The first-order valence-electron chi connectivity index (χ1n) is 25.3. The van der Waals surface area contributed by atoms with Crippen LogP contribution in [0.3, 0.4) is 0 Å². The van der Waals surface area contributed by atoms with Crippen molar-refractivity contribution >= 4 is 67.5 Å². The third-order valence-electron chi connectivity index (χ3n) is 14.6. The third kappa shape index (κ3) is 9.09. The van der Waals surface area contributed by atoms with Crippen LogP contribution in [0.5, 0.6) is 23.0 Å². The summed E-state index contributed by atoms with van der Waals surface area (Å²) in [6, 6.07) is 30.5. The number of carbonyl (C=O) groups excluding carboxylic acids is 2. The van der Waals surface area contributed by atoms with Gasteiger partial charge in [-0.25, -0.2) is 9.97 Å². The Morgan fingerprint density at radius 1 is 0.486 bits per heavy atom. The van der Waals surface area contributed by atoms with Crippen LogP contribution in [0.1, 0.15) is 120 Å². The fraction of sp³-hybridized carbons (Fsp3) is 0.258. The van der Waals surface area contributed by atoms with Crippen LogP contribution in [0, 0.1) is 13.8 Å². The predicted molar refractivity (Wildman–Crippen MR) is 301 cm³/mol. The number of para-hydroxylation sites is 2. The summed E-state index contributed by atoms with van der Waals surface area (Å²) in [7, 11) is 6.27. The van der Waals surface area contributed by atoms with Gasteiger partial charge in [0.2, 0.25) is 0 Å². The van der Waals surface area contributed by atoms with E-state index in [1.807, 2.05) is 36.4 Å². The number of rotatable bonds is 14. The second kappa shape index (κ2) is 21.0. The molecule has 4 N–H and O–H groups in total. The molecule has 2 aliphatic rings. The quantitative estimate of drug-likeness (QED) is 0.0840. The van der Waals surface area contributed by atoms with Gasteiger partial charge in [-0.15, -0.1) is 0 Å². The standard InChI is InChI=1S/C62H64N6O6/c1-13-43-33(5)57-55(47-21-17-19-23-49(47)67-61(69)37-25-39(71-9)29-40(26-37)72-10)58-35(7)45(15-3)53(65-58)32-54-46(16-4)36(8)60(66-54)56(59-34(6)44(14-2)52(64-59)31-51(43)63-57)48-22-18-20-24-50(48)68-62(70)38-27-41(73-11)30-42(28-38)74-12/h17-32,63,66H,13-16H2,1-12H3,(H,67,69)(H,68,70). The first-order chi connectivity index (χ1) is 35.8. The van der Waals surface area contributed by atoms with E-state index in [1.54, 1.807) is 64.8 Å². The van der Waals surface area contributed by atoms with Crippen molar-refractivity contribution in [1.82, 2.24) is 19.9 Å². The number of aromatic nitrogens is 4. The molecule has 4 aromatic carbocycles. The molecule has 9 rings (SSSR count). The highest BCUT2D eigenvalue weighted by atomic mass is 16.5. The van der Waals surface area contributed by atoms with Crippen molar-refractivity contribution in [1.29, 1.82) is 0 Å². The number of fused-ring (bicyclic) bond motifs is 8. The van der Waals surface area contributed by atoms with E-state index in [4.69, 9.17) is 28.9 Å². The second-order valence-corrected chi connectivity index (χ2v) is 18.6. The van der Waals surface area contributed by atoms with Gasteiger partial charge < -0.3 is 39.5 Å². The van der Waals surface area contributed by atoms with Crippen LogP contribution in [-0.4, -0.2) is 60.2 Å². The maximum Gasteiger partial charge on any atom is 0.255 e. The number of ether oxygens (including phenoxy) is 4. The van der Waals surface area contributed by atoms with Crippen LogP contribution in [0.2, 0.25) is 0 Å². The number of nitrogens with one attached hydrogen (secondary N) is 4. The Bertz CT molecular complexity index is 3370. The van der Waals surface area contributed by atoms with Crippen LogP contribution in [0.25, 0.3) is 66.6 Å². The molecule has 0 aliphatic carbocycles. The van der Waals surface area contributed by atoms with Gasteiger partial charge in [-0.3, -0.25) is 9.59 Å². The lowest BCUT2D eigenvalue weighted by Crippen LogP contribution is -2.13. The summed E-state index contributed by atoms with van der Waals surface area (Å²) < 4.78 is 22.1. The Hall–Kier alpha value is -8.38. The fourth-order valence-electron chi connectivity index (χ4n) is 10.7. The SMILES string of the molecule is CCC1=C(C)c2nc1cc1[nH]c(c(C)c1CC)c(-c1ccccc1NC(=O)c1cc(OC)cc(OC)c1)c1nc(cc3[nH]c(c(C)c3CC)c2-c2ccccc2NC(=O)c2cc(OC)cc(OC)c2)C(CC)=C1C. The summed E-state index contributed by atoms with van der Waals surface area (Å²) in [6.45, 7) is 17.3. The molecule has 0 atom stereocenters. The van der Waals surface area contributed by atoms with E-state index in [1.165, 1.54) is 0 Å². The van der Waals surface area contributed by atoms with Crippen molar-refractivity contribution in [2.24, 2.45) is 0 Å². The van der Waals surface area contributed by atoms with E-state index < -0.39 is 0 Å². The molecule has 12 heteroatoms. The number of anilines is 2. The van der Waals surface area contributed by atoms with Crippen LogP contribution < -0.4 is 29.6 Å². The molecule has 0 spiro atoms. The van der Waals surface area contributed by atoms with E-state index in [0.717, 1.165) is 137 Å². The Morgan fingerprint density at radius 3 is 1.16 bits per heavy atom. The number of benzene rings is 4.